The molecule has 0 spiro atoms. The average Bonchev–Trinajstić information content (AvgIpc) is 3.41. The van der Waals surface area contributed by atoms with Crippen LogP contribution in [0.4, 0.5) is 0 Å². The predicted octanol–water partition coefficient (Wildman–Crippen LogP) is 1.85. The summed E-state index contributed by atoms with van der Waals surface area (Å²) >= 11 is 0. The third-order valence-electron chi connectivity index (χ3n) is 9.40. The van der Waals surface area contributed by atoms with Crippen molar-refractivity contribution in [1.29, 1.82) is 5.26 Å². The molecular weight excluding hydrogens is 392 g/mol. The fourth-order valence-electron chi connectivity index (χ4n) is 8.38. The third-order valence-corrected chi connectivity index (χ3v) is 9.40. The maximum absolute atomic E-state index is 13.6. The number of hydrogen-bond donors (Lipinski definition) is 2. The lowest BCUT2D eigenvalue weighted by Gasteiger charge is -2.62. The SMILES string of the molecule is N#C[C@@H]1C[C@@H]2C[C@@H]2N1C(=O)[C@@H](N)C12CC3CC(CC(OC(=O)[C@@H]4CCCCN4)(C3)C1)C2. The zero-order valence-corrected chi connectivity index (χ0v) is 18.2. The largest absolute Gasteiger partial charge is 0.458 e. The van der Waals surface area contributed by atoms with Crippen LogP contribution >= 0.6 is 0 Å². The fraction of sp³-hybridized carbons (Fsp3) is 0.875. The number of nitriles is 1. The van der Waals surface area contributed by atoms with Crippen LogP contribution in [0.5, 0.6) is 0 Å². The topological polar surface area (TPSA) is 108 Å². The standard InChI is InChI=1S/C24H34N4O3/c25-12-17-6-16-7-19(16)28(17)21(29)20(26)23-8-14-5-15(9-23)11-24(10-14,13-23)31-22(30)18-3-1-2-4-27-18/h14-20,27H,1-11,13,26H2/t14?,15?,16-,17+,18+,19+,20-,23?,24?/m1/s1. The second kappa shape index (κ2) is 6.92. The van der Waals surface area contributed by atoms with E-state index in [-0.39, 0.29) is 35.4 Å². The van der Waals surface area contributed by atoms with Crippen LogP contribution in [-0.2, 0) is 14.3 Å². The van der Waals surface area contributed by atoms with Crippen molar-refractivity contribution in [3.63, 3.8) is 0 Å². The molecule has 0 aromatic heterocycles. The predicted molar refractivity (Wildman–Crippen MR) is 112 cm³/mol. The van der Waals surface area contributed by atoms with Gasteiger partial charge in [0.2, 0.25) is 5.91 Å². The van der Waals surface area contributed by atoms with Gasteiger partial charge in [-0.05, 0) is 93.9 Å². The van der Waals surface area contributed by atoms with Crippen molar-refractivity contribution in [3.8, 4) is 6.07 Å². The van der Waals surface area contributed by atoms with Gasteiger partial charge < -0.3 is 20.7 Å². The zero-order valence-electron chi connectivity index (χ0n) is 18.2. The molecule has 1 amide bonds. The number of hydrogen-bond acceptors (Lipinski definition) is 6. The Morgan fingerprint density at radius 1 is 1.13 bits per heavy atom. The monoisotopic (exact) mass is 426 g/mol. The Hall–Kier alpha value is -1.65. The molecule has 31 heavy (non-hydrogen) atoms. The van der Waals surface area contributed by atoms with E-state index in [1.165, 1.54) is 6.42 Å². The lowest BCUT2D eigenvalue weighted by molar-refractivity contribution is -0.207. The quantitative estimate of drug-likeness (QED) is 0.664. The van der Waals surface area contributed by atoms with Crippen LogP contribution in [0.1, 0.15) is 70.6 Å². The van der Waals surface area contributed by atoms with Crippen molar-refractivity contribution >= 4 is 11.9 Å². The van der Waals surface area contributed by atoms with Gasteiger partial charge >= 0.3 is 5.97 Å². The number of nitrogens with one attached hydrogen (secondary N) is 1. The summed E-state index contributed by atoms with van der Waals surface area (Å²) in [5.41, 5.74) is 6.02. The summed E-state index contributed by atoms with van der Waals surface area (Å²) in [6.45, 7) is 0.874. The summed E-state index contributed by atoms with van der Waals surface area (Å²) in [6.07, 6.45) is 10.5. The molecule has 2 aliphatic heterocycles. The maximum Gasteiger partial charge on any atom is 0.323 e. The lowest BCUT2D eigenvalue weighted by atomic mass is 9.46. The number of esters is 1. The number of piperidine rings is 2. The summed E-state index contributed by atoms with van der Waals surface area (Å²) < 4.78 is 6.31. The van der Waals surface area contributed by atoms with Crippen LogP contribution in [0.15, 0.2) is 0 Å². The van der Waals surface area contributed by atoms with E-state index in [2.05, 4.69) is 11.4 Å². The van der Waals surface area contributed by atoms with E-state index in [4.69, 9.17) is 10.5 Å². The highest BCUT2D eigenvalue weighted by atomic mass is 16.6. The van der Waals surface area contributed by atoms with Crippen LogP contribution in [0.2, 0.25) is 0 Å². The van der Waals surface area contributed by atoms with Gasteiger partial charge in [0.15, 0.2) is 0 Å². The molecule has 5 aliphatic carbocycles. The molecule has 168 valence electrons. The molecule has 7 rings (SSSR count). The van der Waals surface area contributed by atoms with Gasteiger partial charge in [0, 0.05) is 6.04 Å². The third kappa shape index (κ3) is 3.13. The number of fused-ring (bicyclic) bond motifs is 1. The number of carbonyl (C=O) groups is 2. The van der Waals surface area contributed by atoms with E-state index in [1.54, 1.807) is 0 Å². The highest BCUT2D eigenvalue weighted by molar-refractivity contribution is 5.84. The molecule has 2 unspecified atom stereocenters. The molecule has 0 radical (unpaired) electrons. The minimum atomic E-state index is -0.598. The smallest absolute Gasteiger partial charge is 0.323 e. The second-order valence-corrected chi connectivity index (χ2v) is 11.6. The molecule has 2 heterocycles. The number of rotatable bonds is 4. The van der Waals surface area contributed by atoms with E-state index in [9.17, 15) is 14.9 Å². The molecule has 5 saturated carbocycles. The number of amides is 1. The first kappa shape index (κ1) is 20.0. The normalized spacial score (nSPS) is 48.1. The van der Waals surface area contributed by atoms with Crippen LogP contribution in [-0.4, -0.2) is 53.1 Å². The lowest BCUT2D eigenvalue weighted by Crippen LogP contribution is -2.66. The van der Waals surface area contributed by atoms with Crippen molar-refractivity contribution in [2.45, 2.75) is 100 Å². The Morgan fingerprint density at radius 2 is 1.90 bits per heavy atom. The van der Waals surface area contributed by atoms with E-state index in [0.29, 0.717) is 24.2 Å². The average molecular weight is 427 g/mol. The number of likely N-dealkylation sites (tertiary alicyclic amines) is 1. The summed E-state index contributed by atoms with van der Waals surface area (Å²) in [5, 5.41) is 12.9. The van der Waals surface area contributed by atoms with Crippen molar-refractivity contribution in [2.24, 2.45) is 28.9 Å². The Balaban J connectivity index is 1.23. The molecule has 7 nitrogen and oxygen atoms in total. The summed E-state index contributed by atoms with van der Waals surface area (Å²) in [6, 6.07) is 1.44. The molecule has 3 N–H and O–H groups in total. The summed E-state index contributed by atoms with van der Waals surface area (Å²) in [5.74, 6) is 1.31. The Morgan fingerprint density at radius 3 is 2.58 bits per heavy atom. The highest BCUT2D eigenvalue weighted by Crippen LogP contribution is 2.64. The molecule has 0 aromatic carbocycles. The number of nitrogens with zero attached hydrogens (tertiary/aromatic N) is 2. The second-order valence-electron chi connectivity index (χ2n) is 11.6. The van der Waals surface area contributed by atoms with Crippen molar-refractivity contribution in [2.75, 3.05) is 6.54 Å². The van der Waals surface area contributed by atoms with Crippen molar-refractivity contribution in [1.82, 2.24) is 10.2 Å². The van der Waals surface area contributed by atoms with Gasteiger partial charge in [-0.15, -0.1) is 0 Å². The Bertz CT molecular complexity index is 817. The highest BCUT2D eigenvalue weighted by Gasteiger charge is 2.64. The first-order chi connectivity index (χ1) is 14.9. The van der Waals surface area contributed by atoms with Crippen molar-refractivity contribution < 1.29 is 14.3 Å². The molecule has 4 bridgehead atoms. The van der Waals surface area contributed by atoms with Gasteiger partial charge in [0.05, 0.1) is 12.1 Å². The van der Waals surface area contributed by atoms with E-state index < -0.39 is 11.6 Å². The molecule has 2 saturated heterocycles. The van der Waals surface area contributed by atoms with Crippen LogP contribution in [0.25, 0.3) is 0 Å². The fourth-order valence-corrected chi connectivity index (χ4v) is 8.38. The Kier molecular flexibility index (Phi) is 4.46. The number of nitrogens with two attached hydrogens (primary N) is 1. The summed E-state index contributed by atoms with van der Waals surface area (Å²) in [4.78, 5) is 28.4. The van der Waals surface area contributed by atoms with Gasteiger partial charge in [-0.25, -0.2) is 0 Å². The molecule has 7 aliphatic rings. The zero-order chi connectivity index (χ0) is 21.4. The molecule has 7 fully saturated rings. The van der Waals surface area contributed by atoms with Gasteiger partial charge in [-0.3, -0.25) is 9.59 Å². The Labute approximate surface area is 184 Å². The number of carbonyl (C=O) groups excluding carboxylic acids is 2. The van der Waals surface area contributed by atoms with Crippen LogP contribution < -0.4 is 11.1 Å². The maximum atomic E-state index is 13.6. The minimum Gasteiger partial charge on any atom is -0.458 e. The van der Waals surface area contributed by atoms with Crippen LogP contribution in [0, 0.1) is 34.5 Å². The first-order valence-electron chi connectivity index (χ1n) is 12.4. The van der Waals surface area contributed by atoms with E-state index in [1.807, 2.05) is 4.90 Å². The van der Waals surface area contributed by atoms with E-state index in [0.717, 1.165) is 64.3 Å². The van der Waals surface area contributed by atoms with Gasteiger partial charge in [0.1, 0.15) is 17.7 Å². The van der Waals surface area contributed by atoms with Crippen LogP contribution in [0.3, 0.4) is 0 Å². The molecular formula is C24H34N4O3. The molecule has 0 aromatic rings. The van der Waals surface area contributed by atoms with Gasteiger partial charge in [-0.1, -0.05) is 6.42 Å². The number of ether oxygens (including phenoxy) is 1. The van der Waals surface area contributed by atoms with Gasteiger partial charge in [-0.2, -0.15) is 5.26 Å². The molecule has 7 heteroatoms. The first-order valence-corrected chi connectivity index (χ1v) is 12.4. The minimum absolute atomic E-state index is 0.0334. The van der Waals surface area contributed by atoms with Crippen molar-refractivity contribution in [3.05, 3.63) is 0 Å². The molecule has 7 atom stereocenters. The summed E-state index contributed by atoms with van der Waals surface area (Å²) in [7, 11) is 0. The van der Waals surface area contributed by atoms with E-state index >= 15 is 0 Å². The van der Waals surface area contributed by atoms with Gasteiger partial charge in [0.25, 0.3) is 0 Å².